The summed E-state index contributed by atoms with van der Waals surface area (Å²) in [4.78, 5) is 2.45. The van der Waals surface area contributed by atoms with E-state index >= 15 is 0 Å². The van der Waals surface area contributed by atoms with Crippen molar-refractivity contribution in [2.24, 2.45) is 5.92 Å². The van der Waals surface area contributed by atoms with Gasteiger partial charge in [0.15, 0.2) is 0 Å². The van der Waals surface area contributed by atoms with Crippen molar-refractivity contribution in [1.82, 2.24) is 10.2 Å². The van der Waals surface area contributed by atoms with Gasteiger partial charge >= 0.3 is 0 Å². The number of methoxy groups -OCH3 is 2. The van der Waals surface area contributed by atoms with Crippen molar-refractivity contribution in [3.63, 3.8) is 0 Å². The van der Waals surface area contributed by atoms with E-state index in [0.29, 0.717) is 6.04 Å². The van der Waals surface area contributed by atoms with Gasteiger partial charge in [-0.1, -0.05) is 13.8 Å². The predicted molar refractivity (Wildman–Crippen MR) is 81.7 cm³/mol. The number of hydrogen-bond donors (Lipinski definition) is 1. The van der Waals surface area contributed by atoms with Crippen molar-refractivity contribution in [2.45, 2.75) is 39.7 Å². The normalized spacial score (nSPS) is 13.4. The lowest BCUT2D eigenvalue weighted by atomic mass is 10.2. The van der Waals surface area contributed by atoms with E-state index in [2.05, 4.69) is 31.0 Å². The van der Waals surface area contributed by atoms with Gasteiger partial charge < -0.3 is 14.8 Å². The number of nitrogens with zero attached hydrogens (tertiary/aromatic N) is 1. The molecule has 0 saturated carbocycles. The Labute approximate surface area is 119 Å². The molecule has 0 aromatic heterocycles. The summed E-state index contributed by atoms with van der Waals surface area (Å²) in [5.41, 5.74) is 0. The molecule has 0 saturated heterocycles. The third-order valence-corrected chi connectivity index (χ3v) is 3.22. The van der Waals surface area contributed by atoms with Gasteiger partial charge in [0.1, 0.15) is 0 Å². The summed E-state index contributed by atoms with van der Waals surface area (Å²) in [6.07, 6.45) is 2.46. The van der Waals surface area contributed by atoms with E-state index in [9.17, 15) is 0 Å². The molecule has 0 spiro atoms. The largest absolute Gasteiger partial charge is 0.383 e. The highest BCUT2D eigenvalue weighted by atomic mass is 16.5. The Balaban J connectivity index is 3.72. The molecule has 0 aliphatic carbocycles. The molecule has 4 heteroatoms. The minimum atomic E-state index is 0.462. The fraction of sp³-hybridized carbons (Fsp3) is 1.00. The van der Waals surface area contributed by atoms with E-state index < -0.39 is 0 Å². The average Bonchev–Trinajstić information content (AvgIpc) is 2.36. The molecule has 116 valence electrons. The first kappa shape index (κ1) is 18.8. The second-order valence-electron chi connectivity index (χ2n) is 5.64. The molecular weight excluding hydrogens is 240 g/mol. The van der Waals surface area contributed by atoms with Crippen LogP contribution in [0.4, 0.5) is 0 Å². The van der Waals surface area contributed by atoms with Crippen LogP contribution in [-0.2, 0) is 9.47 Å². The lowest BCUT2D eigenvalue weighted by molar-refractivity contribution is 0.0740. The third-order valence-electron chi connectivity index (χ3n) is 3.22. The number of ether oxygens (including phenoxy) is 2. The van der Waals surface area contributed by atoms with Crippen molar-refractivity contribution in [3.8, 4) is 0 Å². The number of rotatable bonds is 13. The molecule has 0 bridgehead atoms. The zero-order valence-electron chi connectivity index (χ0n) is 13.6. The molecule has 4 nitrogen and oxygen atoms in total. The maximum Gasteiger partial charge on any atom is 0.0615 e. The van der Waals surface area contributed by atoms with Crippen LogP contribution in [0.3, 0.4) is 0 Å². The van der Waals surface area contributed by atoms with Gasteiger partial charge in [0.05, 0.1) is 13.2 Å². The molecule has 1 atom stereocenters. The van der Waals surface area contributed by atoms with E-state index in [4.69, 9.17) is 9.47 Å². The van der Waals surface area contributed by atoms with Crippen molar-refractivity contribution < 1.29 is 9.47 Å². The third kappa shape index (κ3) is 11.4. The maximum absolute atomic E-state index is 5.24. The Morgan fingerprint density at radius 2 is 1.74 bits per heavy atom. The lowest BCUT2D eigenvalue weighted by Gasteiger charge is -2.28. The summed E-state index contributed by atoms with van der Waals surface area (Å²) in [6, 6.07) is 0.462. The quantitative estimate of drug-likeness (QED) is 0.521. The fourth-order valence-corrected chi connectivity index (χ4v) is 2.06. The van der Waals surface area contributed by atoms with E-state index in [0.717, 1.165) is 45.3 Å². The Morgan fingerprint density at radius 1 is 1.00 bits per heavy atom. The van der Waals surface area contributed by atoms with Gasteiger partial charge in [0.25, 0.3) is 0 Å². The Bertz CT molecular complexity index is 189. The second kappa shape index (κ2) is 12.9. The minimum Gasteiger partial charge on any atom is -0.383 e. The first-order valence-corrected chi connectivity index (χ1v) is 7.54. The Hall–Kier alpha value is -0.160. The summed E-state index contributed by atoms with van der Waals surface area (Å²) in [6.45, 7) is 12.6. The van der Waals surface area contributed by atoms with Gasteiger partial charge in [-0.2, -0.15) is 0 Å². The highest BCUT2D eigenvalue weighted by Gasteiger charge is 2.12. The number of hydrogen-bond acceptors (Lipinski definition) is 4. The van der Waals surface area contributed by atoms with Crippen LogP contribution in [0.1, 0.15) is 33.6 Å². The summed E-state index contributed by atoms with van der Waals surface area (Å²) in [7, 11) is 3.52. The Morgan fingerprint density at radius 3 is 2.32 bits per heavy atom. The van der Waals surface area contributed by atoms with Gasteiger partial charge in [-0.25, -0.2) is 0 Å². The van der Waals surface area contributed by atoms with Gasteiger partial charge in [-0.3, -0.25) is 4.90 Å². The SMILES string of the molecule is COCCN(CCCCNCC(C)C)C(C)COC. The van der Waals surface area contributed by atoms with Crippen molar-refractivity contribution in [3.05, 3.63) is 0 Å². The molecule has 0 aromatic rings. The maximum atomic E-state index is 5.24. The second-order valence-corrected chi connectivity index (χ2v) is 5.64. The van der Waals surface area contributed by atoms with Crippen LogP contribution < -0.4 is 5.32 Å². The van der Waals surface area contributed by atoms with E-state index in [1.54, 1.807) is 14.2 Å². The molecule has 19 heavy (non-hydrogen) atoms. The molecule has 0 aliphatic heterocycles. The number of unbranched alkanes of at least 4 members (excludes halogenated alkanes) is 1. The van der Waals surface area contributed by atoms with Crippen LogP contribution in [0.15, 0.2) is 0 Å². The summed E-state index contributed by atoms with van der Waals surface area (Å²) in [5, 5.41) is 3.49. The Kier molecular flexibility index (Phi) is 12.7. The zero-order chi connectivity index (χ0) is 14.5. The van der Waals surface area contributed by atoms with E-state index in [-0.39, 0.29) is 0 Å². The number of nitrogens with one attached hydrogen (secondary N) is 1. The first-order chi connectivity index (χ1) is 9.11. The van der Waals surface area contributed by atoms with Crippen LogP contribution in [0, 0.1) is 5.92 Å². The smallest absolute Gasteiger partial charge is 0.0615 e. The molecule has 0 heterocycles. The summed E-state index contributed by atoms with van der Waals surface area (Å²) >= 11 is 0. The van der Waals surface area contributed by atoms with Gasteiger partial charge in [0, 0.05) is 26.8 Å². The van der Waals surface area contributed by atoms with Crippen LogP contribution >= 0.6 is 0 Å². The monoisotopic (exact) mass is 274 g/mol. The molecule has 0 amide bonds. The zero-order valence-corrected chi connectivity index (χ0v) is 13.6. The topological polar surface area (TPSA) is 33.7 Å². The van der Waals surface area contributed by atoms with Gasteiger partial charge in [0.2, 0.25) is 0 Å². The van der Waals surface area contributed by atoms with Gasteiger partial charge in [-0.05, 0) is 45.3 Å². The molecule has 1 N–H and O–H groups in total. The molecule has 0 radical (unpaired) electrons. The van der Waals surface area contributed by atoms with Crippen LogP contribution in [0.25, 0.3) is 0 Å². The molecule has 0 rings (SSSR count). The average molecular weight is 274 g/mol. The van der Waals surface area contributed by atoms with E-state index in [1.165, 1.54) is 12.8 Å². The predicted octanol–water partition coefficient (Wildman–Crippen LogP) is 2.00. The molecule has 1 unspecified atom stereocenters. The van der Waals surface area contributed by atoms with E-state index in [1.807, 2.05) is 0 Å². The highest BCUT2D eigenvalue weighted by molar-refractivity contribution is 4.67. The minimum absolute atomic E-state index is 0.462. The van der Waals surface area contributed by atoms with Crippen molar-refractivity contribution in [2.75, 3.05) is 53.6 Å². The van der Waals surface area contributed by atoms with Crippen LogP contribution in [0.2, 0.25) is 0 Å². The fourth-order valence-electron chi connectivity index (χ4n) is 2.06. The lowest BCUT2D eigenvalue weighted by Crippen LogP contribution is -2.39. The summed E-state index contributed by atoms with van der Waals surface area (Å²) in [5.74, 6) is 0.736. The van der Waals surface area contributed by atoms with Crippen molar-refractivity contribution >= 4 is 0 Å². The molecular formula is C15H34N2O2. The van der Waals surface area contributed by atoms with Gasteiger partial charge in [-0.15, -0.1) is 0 Å². The highest BCUT2D eigenvalue weighted by Crippen LogP contribution is 2.03. The molecule has 0 aliphatic rings. The first-order valence-electron chi connectivity index (χ1n) is 7.54. The van der Waals surface area contributed by atoms with Crippen LogP contribution in [0.5, 0.6) is 0 Å². The molecule has 0 aromatic carbocycles. The van der Waals surface area contributed by atoms with Crippen molar-refractivity contribution in [1.29, 1.82) is 0 Å². The standard InChI is InChI=1S/C15H34N2O2/c1-14(2)12-16-8-6-7-9-17(10-11-18-4)15(3)13-19-5/h14-16H,6-13H2,1-5H3. The van der Waals surface area contributed by atoms with Crippen LogP contribution in [-0.4, -0.2) is 64.6 Å². The summed E-state index contributed by atoms with van der Waals surface area (Å²) < 4.78 is 10.4. The molecule has 0 fully saturated rings.